The molecule has 3 aliphatic heterocycles. The molecule has 3 fully saturated rings. The van der Waals surface area contributed by atoms with Crippen molar-refractivity contribution in [1.82, 2.24) is 0 Å². The highest BCUT2D eigenvalue weighted by Crippen LogP contribution is 2.51. The van der Waals surface area contributed by atoms with E-state index in [2.05, 4.69) is 6.58 Å². The van der Waals surface area contributed by atoms with Gasteiger partial charge < -0.3 is 23.7 Å². The zero-order valence-electron chi connectivity index (χ0n) is 13.8. The van der Waals surface area contributed by atoms with Crippen molar-refractivity contribution in [2.75, 3.05) is 13.7 Å². The van der Waals surface area contributed by atoms with Crippen molar-refractivity contribution in [1.29, 1.82) is 0 Å². The van der Waals surface area contributed by atoms with Gasteiger partial charge in [-0.2, -0.15) is 0 Å². The summed E-state index contributed by atoms with van der Waals surface area (Å²) in [5.41, 5.74) is 0.222. The SMILES string of the molecule is C=C(C)C(=O)OCCC(=O)OC1C2OC(=O)C3C2OC1C3C(=O)OC. The molecule has 0 amide bonds. The van der Waals surface area contributed by atoms with Gasteiger partial charge >= 0.3 is 23.9 Å². The number of fused-ring (bicyclic) bond motifs is 1. The van der Waals surface area contributed by atoms with Crippen LogP contribution in [-0.4, -0.2) is 62.0 Å². The van der Waals surface area contributed by atoms with Crippen LogP contribution in [0.1, 0.15) is 13.3 Å². The lowest BCUT2D eigenvalue weighted by Crippen LogP contribution is -2.47. The molecule has 0 N–H and O–H groups in total. The number of hydrogen-bond acceptors (Lipinski definition) is 9. The number of rotatable bonds is 6. The average molecular weight is 354 g/mol. The van der Waals surface area contributed by atoms with Crippen LogP contribution in [-0.2, 0) is 42.9 Å². The first-order valence-corrected chi connectivity index (χ1v) is 7.81. The molecule has 0 aliphatic carbocycles. The van der Waals surface area contributed by atoms with E-state index in [1.165, 1.54) is 14.0 Å². The van der Waals surface area contributed by atoms with Gasteiger partial charge in [0.1, 0.15) is 30.7 Å². The highest BCUT2D eigenvalue weighted by Gasteiger charge is 2.71. The summed E-state index contributed by atoms with van der Waals surface area (Å²) < 4.78 is 25.7. The maximum Gasteiger partial charge on any atom is 0.333 e. The number of carbonyl (C=O) groups is 4. The normalized spacial score (nSPS) is 34.4. The van der Waals surface area contributed by atoms with E-state index < -0.39 is 60.1 Å². The van der Waals surface area contributed by atoms with Gasteiger partial charge in [0.25, 0.3) is 0 Å². The van der Waals surface area contributed by atoms with Crippen LogP contribution in [0.15, 0.2) is 12.2 Å². The van der Waals surface area contributed by atoms with Crippen molar-refractivity contribution in [3.63, 3.8) is 0 Å². The summed E-state index contributed by atoms with van der Waals surface area (Å²) in [6, 6.07) is 0. The van der Waals surface area contributed by atoms with Gasteiger partial charge in [-0.05, 0) is 6.92 Å². The van der Waals surface area contributed by atoms with E-state index in [4.69, 9.17) is 23.7 Å². The summed E-state index contributed by atoms with van der Waals surface area (Å²) in [7, 11) is 1.21. The molecule has 0 aromatic carbocycles. The molecular weight excluding hydrogens is 336 g/mol. The van der Waals surface area contributed by atoms with Crippen LogP contribution in [0.3, 0.4) is 0 Å². The lowest BCUT2D eigenvalue weighted by Gasteiger charge is -2.26. The van der Waals surface area contributed by atoms with Crippen LogP contribution in [0.4, 0.5) is 0 Å². The summed E-state index contributed by atoms with van der Waals surface area (Å²) >= 11 is 0. The van der Waals surface area contributed by atoms with Crippen LogP contribution in [0.2, 0.25) is 0 Å². The first kappa shape index (κ1) is 17.4. The maximum absolute atomic E-state index is 12.0. The Hall–Kier alpha value is -2.42. The van der Waals surface area contributed by atoms with Gasteiger partial charge in [-0.3, -0.25) is 14.4 Å². The van der Waals surface area contributed by atoms with E-state index in [9.17, 15) is 19.2 Å². The Balaban J connectivity index is 1.61. The highest BCUT2D eigenvalue weighted by atomic mass is 16.7. The third-order valence-corrected chi connectivity index (χ3v) is 4.53. The van der Waals surface area contributed by atoms with Gasteiger partial charge in [0.2, 0.25) is 0 Å². The largest absolute Gasteiger partial charge is 0.469 e. The predicted molar refractivity (Wildman–Crippen MR) is 77.8 cm³/mol. The van der Waals surface area contributed by atoms with E-state index in [1.54, 1.807) is 0 Å². The molecule has 6 unspecified atom stereocenters. The van der Waals surface area contributed by atoms with Crippen LogP contribution in [0.5, 0.6) is 0 Å². The minimum atomic E-state index is -0.888. The molecule has 0 saturated carbocycles. The van der Waals surface area contributed by atoms with Gasteiger partial charge in [0, 0.05) is 5.57 Å². The minimum Gasteiger partial charge on any atom is -0.469 e. The molecule has 25 heavy (non-hydrogen) atoms. The molecule has 0 aromatic rings. The molecule has 3 aliphatic rings. The molecule has 0 radical (unpaired) electrons. The predicted octanol–water partition coefficient (Wildman–Crippen LogP) is -0.481. The topological polar surface area (TPSA) is 114 Å². The lowest BCUT2D eigenvalue weighted by atomic mass is 9.78. The van der Waals surface area contributed by atoms with E-state index >= 15 is 0 Å². The van der Waals surface area contributed by atoms with Crippen molar-refractivity contribution in [2.24, 2.45) is 11.8 Å². The summed E-state index contributed by atoms with van der Waals surface area (Å²) in [6.07, 6.45) is -3.21. The van der Waals surface area contributed by atoms with Crippen molar-refractivity contribution < 1.29 is 42.9 Å². The molecule has 0 aromatic heterocycles. The second-order valence-corrected chi connectivity index (χ2v) is 6.16. The second-order valence-electron chi connectivity index (χ2n) is 6.16. The monoisotopic (exact) mass is 354 g/mol. The fraction of sp³-hybridized carbons (Fsp3) is 0.625. The minimum absolute atomic E-state index is 0.167. The van der Waals surface area contributed by atoms with Crippen molar-refractivity contribution in [2.45, 2.75) is 37.8 Å². The zero-order chi connectivity index (χ0) is 18.3. The molecule has 3 saturated heterocycles. The van der Waals surface area contributed by atoms with Crippen LogP contribution < -0.4 is 0 Å². The summed E-state index contributed by atoms with van der Waals surface area (Å²) in [5, 5.41) is 0. The van der Waals surface area contributed by atoms with Crippen molar-refractivity contribution in [3.8, 4) is 0 Å². The summed E-state index contributed by atoms with van der Waals surface area (Å²) in [5.74, 6) is -4.00. The molecule has 9 nitrogen and oxygen atoms in total. The number of hydrogen-bond donors (Lipinski definition) is 0. The van der Waals surface area contributed by atoms with Gasteiger partial charge in [-0.15, -0.1) is 0 Å². The quantitative estimate of drug-likeness (QED) is 0.354. The van der Waals surface area contributed by atoms with Gasteiger partial charge in [-0.1, -0.05) is 6.58 Å². The molecule has 9 heteroatoms. The first-order valence-electron chi connectivity index (χ1n) is 7.81. The Morgan fingerprint density at radius 3 is 2.56 bits per heavy atom. The van der Waals surface area contributed by atoms with Gasteiger partial charge in [-0.25, -0.2) is 4.79 Å². The number of carbonyl (C=O) groups excluding carboxylic acids is 4. The number of ether oxygens (including phenoxy) is 5. The van der Waals surface area contributed by atoms with Crippen molar-refractivity contribution in [3.05, 3.63) is 12.2 Å². The third-order valence-electron chi connectivity index (χ3n) is 4.53. The van der Waals surface area contributed by atoms with Crippen LogP contribution >= 0.6 is 0 Å². The summed E-state index contributed by atoms with van der Waals surface area (Å²) in [4.78, 5) is 47.2. The Morgan fingerprint density at radius 2 is 1.92 bits per heavy atom. The fourth-order valence-electron chi connectivity index (χ4n) is 3.44. The molecule has 2 bridgehead atoms. The Bertz CT molecular complexity index is 640. The smallest absolute Gasteiger partial charge is 0.333 e. The van der Waals surface area contributed by atoms with Gasteiger partial charge in [0.05, 0.1) is 13.5 Å². The lowest BCUT2D eigenvalue weighted by molar-refractivity contribution is -0.164. The molecule has 3 rings (SSSR count). The van der Waals surface area contributed by atoms with Gasteiger partial charge in [0.15, 0.2) is 12.2 Å². The fourth-order valence-corrected chi connectivity index (χ4v) is 3.44. The first-order chi connectivity index (χ1) is 11.8. The molecule has 136 valence electrons. The maximum atomic E-state index is 12.0. The average Bonchev–Trinajstić information content (AvgIpc) is 3.17. The second kappa shape index (κ2) is 6.47. The molecule has 6 atom stereocenters. The number of esters is 4. The third kappa shape index (κ3) is 2.88. The van der Waals surface area contributed by atoms with E-state index in [0.717, 1.165) is 0 Å². The van der Waals surface area contributed by atoms with Crippen molar-refractivity contribution >= 4 is 23.9 Å². The standard InChI is InChI=1S/C16H18O9/c1-6(2)14(18)22-5-4-7(17)23-12-10-8(15(19)21-3)9-11(24-10)13(12)25-16(9)20/h8-13H,1,4-5H2,2-3H3. The molecule has 0 spiro atoms. The van der Waals surface area contributed by atoms with E-state index in [1.807, 2.05) is 0 Å². The van der Waals surface area contributed by atoms with E-state index in [-0.39, 0.29) is 18.6 Å². The van der Waals surface area contributed by atoms with E-state index in [0.29, 0.717) is 0 Å². The molecule has 3 heterocycles. The van der Waals surface area contributed by atoms with Crippen LogP contribution in [0.25, 0.3) is 0 Å². The Kier molecular flexibility index (Phi) is 4.51. The highest BCUT2D eigenvalue weighted by molar-refractivity contribution is 5.87. The van der Waals surface area contributed by atoms with Crippen LogP contribution in [0, 0.1) is 11.8 Å². The number of methoxy groups -OCH3 is 1. The molecular formula is C16H18O9. The zero-order valence-corrected chi connectivity index (χ0v) is 13.8. The Morgan fingerprint density at radius 1 is 1.20 bits per heavy atom. The summed E-state index contributed by atoms with van der Waals surface area (Å²) in [6.45, 7) is 4.75. The Labute approximate surface area is 143 Å².